The number of hydrogen-bond donors (Lipinski definition) is 2. The van der Waals surface area contributed by atoms with Gasteiger partial charge < -0.3 is 10.2 Å². The number of aliphatic carboxylic acids is 1. The summed E-state index contributed by atoms with van der Waals surface area (Å²) in [6, 6.07) is 2.20. The van der Waals surface area contributed by atoms with Gasteiger partial charge >= 0.3 is 5.97 Å². The van der Waals surface area contributed by atoms with Crippen LogP contribution in [-0.2, 0) is 4.79 Å². The van der Waals surface area contributed by atoms with Crippen LogP contribution in [0, 0.1) is 11.6 Å². The summed E-state index contributed by atoms with van der Waals surface area (Å²) in [5.74, 6) is -3.96. The van der Waals surface area contributed by atoms with E-state index in [2.05, 4.69) is 0 Å². The van der Waals surface area contributed by atoms with Crippen molar-refractivity contribution in [1.82, 2.24) is 0 Å². The SMILES string of the molecule is CC(C)c1ccc(F)c(C(O)C(=O)O)c1F. The van der Waals surface area contributed by atoms with Gasteiger partial charge in [-0.2, -0.15) is 0 Å². The molecule has 0 saturated heterocycles. The molecule has 0 aromatic heterocycles. The van der Waals surface area contributed by atoms with Gasteiger partial charge in [0.05, 0.1) is 5.56 Å². The first-order valence-electron chi connectivity index (χ1n) is 4.75. The van der Waals surface area contributed by atoms with Crippen LogP contribution in [0.1, 0.15) is 37.0 Å². The molecule has 1 atom stereocenters. The molecule has 1 unspecified atom stereocenters. The highest BCUT2D eigenvalue weighted by Gasteiger charge is 2.26. The van der Waals surface area contributed by atoms with Crippen molar-refractivity contribution in [3.8, 4) is 0 Å². The number of carboxylic acid groups (broad SMARTS) is 1. The highest BCUT2D eigenvalue weighted by atomic mass is 19.1. The maximum absolute atomic E-state index is 13.7. The third-order valence-corrected chi connectivity index (χ3v) is 2.29. The van der Waals surface area contributed by atoms with E-state index >= 15 is 0 Å². The molecule has 0 fully saturated rings. The van der Waals surface area contributed by atoms with E-state index in [0.717, 1.165) is 6.07 Å². The first kappa shape index (κ1) is 12.6. The fourth-order valence-electron chi connectivity index (χ4n) is 1.41. The van der Waals surface area contributed by atoms with Gasteiger partial charge in [-0.05, 0) is 17.5 Å². The van der Waals surface area contributed by atoms with Crippen LogP contribution in [0.25, 0.3) is 0 Å². The van der Waals surface area contributed by atoms with Crippen molar-refractivity contribution in [3.63, 3.8) is 0 Å². The average molecular weight is 230 g/mol. The summed E-state index contributed by atoms with van der Waals surface area (Å²) in [7, 11) is 0. The Kier molecular flexibility index (Phi) is 3.59. The minimum atomic E-state index is -2.18. The summed E-state index contributed by atoms with van der Waals surface area (Å²) in [5, 5.41) is 17.7. The fraction of sp³-hybridized carbons (Fsp3) is 0.364. The molecule has 0 aliphatic rings. The van der Waals surface area contributed by atoms with E-state index in [9.17, 15) is 18.7 Å². The normalized spacial score (nSPS) is 12.9. The van der Waals surface area contributed by atoms with Crippen molar-refractivity contribution in [1.29, 1.82) is 0 Å². The van der Waals surface area contributed by atoms with Gasteiger partial charge in [-0.25, -0.2) is 13.6 Å². The second kappa shape index (κ2) is 4.57. The predicted molar refractivity (Wildman–Crippen MR) is 53.0 cm³/mol. The summed E-state index contributed by atoms with van der Waals surface area (Å²) >= 11 is 0. The summed E-state index contributed by atoms with van der Waals surface area (Å²) in [4.78, 5) is 10.5. The number of benzene rings is 1. The van der Waals surface area contributed by atoms with Crippen LogP contribution in [0.15, 0.2) is 12.1 Å². The zero-order valence-electron chi connectivity index (χ0n) is 8.87. The highest BCUT2D eigenvalue weighted by Crippen LogP contribution is 2.27. The lowest BCUT2D eigenvalue weighted by Gasteiger charge is -2.13. The molecule has 0 saturated carbocycles. The first-order valence-corrected chi connectivity index (χ1v) is 4.75. The molecule has 2 N–H and O–H groups in total. The Morgan fingerprint density at radius 3 is 2.31 bits per heavy atom. The first-order chi connectivity index (χ1) is 7.36. The van der Waals surface area contributed by atoms with Crippen molar-refractivity contribution < 1.29 is 23.8 Å². The zero-order valence-corrected chi connectivity index (χ0v) is 8.87. The van der Waals surface area contributed by atoms with Crippen LogP contribution in [-0.4, -0.2) is 16.2 Å². The van der Waals surface area contributed by atoms with Gasteiger partial charge in [-0.3, -0.25) is 0 Å². The Hall–Kier alpha value is -1.49. The molecule has 0 radical (unpaired) electrons. The quantitative estimate of drug-likeness (QED) is 0.836. The largest absolute Gasteiger partial charge is 0.479 e. The topological polar surface area (TPSA) is 57.5 Å². The van der Waals surface area contributed by atoms with Crippen molar-refractivity contribution in [2.24, 2.45) is 0 Å². The summed E-state index contributed by atoms with van der Waals surface area (Å²) in [6.45, 7) is 3.38. The molecule has 0 amide bonds. The van der Waals surface area contributed by atoms with E-state index in [-0.39, 0.29) is 11.5 Å². The number of aliphatic hydroxyl groups excluding tert-OH is 1. The summed E-state index contributed by atoms with van der Waals surface area (Å²) < 4.78 is 27.0. The van der Waals surface area contributed by atoms with E-state index < -0.39 is 29.3 Å². The number of carbonyl (C=O) groups is 1. The van der Waals surface area contributed by atoms with E-state index in [1.165, 1.54) is 6.07 Å². The van der Waals surface area contributed by atoms with E-state index in [4.69, 9.17) is 5.11 Å². The van der Waals surface area contributed by atoms with Gasteiger partial charge in [-0.15, -0.1) is 0 Å². The molecule has 0 bridgehead atoms. The van der Waals surface area contributed by atoms with Crippen molar-refractivity contribution >= 4 is 5.97 Å². The van der Waals surface area contributed by atoms with Crippen LogP contribution in [0.4, 0.5) is 8.78 Å². The fourth-order valence-corrected chi connectivity index (χ4v) is 1.41. The van der Waals surface area contributed by atoms with Gasteiger partial charge in [0.1, 0.15) is 11.6 Å². The molecule has 3 nitrogen and oxygen atoms in total. The van der Waals surface area contributed by atoms with Crippen molar-refractivity contribution in [3.05, 3.63) is 34.9 Å². The van der Waals surface area contributed by atoms with E-state index in [1.54, 1.807) is 13.8 Å². The molecule has 16 heavy (non-hydrogen) atoms. The van der Waals surface area contributed by atoms with Crippen LogP contribution in [0.2, 0.25) is 0 Å². The standard InChI is InChI=1S/C11H12F2O3/c1-5(2)6-3-4-7(12)8(9(6)13)10(14)11(15)16/h3-5,10,14H,1-2H3,(H,15,16). The third kappa shape index (κ3) is 2.19. The molecular weight excluding hydrogens is 218 g/mol. The van der Waals surface area contributed by atoms with Crippen LogP contribution < -0.4 is 0 Å². The highest BCUT2D eigenvalue weighted by molar-refractivity contribution is 5.74. The van der Waals surface area contributed by atoms with Crippen molar-refractivity contribution in [2.45, 2.75) is 25.9 Å². The van der Waals surface area contributed by atoms with Crippen LogP contribution >= 0.6 is 0 Å². The number of carboxylic acids is 1. The molecule has 1 rings (SSSR count). The second-order valence-electron chi connectivity index (χ2n) is 3.76. The van der Waals surface area contributed by atoms with Gasteiger partial charge in [-0.1, -0.05) is 19.9 Å². The molecule has 0 spiro atoms. The van der Waals surface area contributed by atoms with Gasteiger partial charge in [0.2, 0.25) is 0 Å². The number of aliphatic hydroxyl groups is 1. The summed E-state index contributed by atoms with van der Waals surface area (Å²) in [6.07, 6.45) is -2.18. The lowest BCUT2D eigenvalue weighted by molar-refractivity contribution is -0.147. The van der Waals surface area contributed by atoms with Gasteiger partial charge in [0.25, 0.3) is 0 Å². The van der Waals surface area contributed by atoms with Gasteiger partial charge in [0.15, 0.2) is 6.10 Å². The lowest BCUT2D eigenvalue weighted by atomic mass is 9.97. The molecule has 0 aliphatic heterocycles. The van der Waals surface area contributed by atoms with E-state index in [1.807, 2.05) is 0 Å². The Labute approximate surface area is 91.3 Å². The molecule has 0 aliphatic carbocycles. The second-order valence-corrected chi connectivity index (χ2v) is 3.76. The monoisotopic (exact) mass is 230 g/mol. The Bertz CT molecular complexity index is 416. The minimum absolute atomic E-state index is 0.178. The smallest absolute Gasteiger partial charge is 0.337 e. The molecule has 88 valence electrons. The Morgan fingerprint density at radius 2 is 1.88 bits per heavy atom. The molecular formula is C11H12F2O3. The maximum Gasteiger partial charge on any atom is 0.337 e. The van der Waals surface area contributed by atoms with Crippen LogP contribution in [0.5, 0.6) is 0 Å². The summed E-state index contributed by atoms with van der Waals surface area (Å²) in [5.41, 5.74) is -0.629. The predicted octanol–water partition coefficient (Wildman–Crippen LogP) is 2.21. The van der Waals surface area contributed by atoms with Gasteiger partial charge in [0, 0.05) is 0 Å². The van der Waals surface area contributed by atoms with E-state index in [0.29, 0.717) is 0 Å². The molecule has 5 heteroatoms. The van der Waals surface area contributed by atoms with Crippen molar-refractivity contribution in [2.75, 3.05) is 0 Å². The van der Waals surface area contributed by atoms with Crippen LogP contribution in [0.3, 0.4) is 0 Å². The molecule has 1 aromatic rings. The number of hydrogen-bond acceptors (Lipinski definition) is 2. The number of halogens is 2. The lowest BCUT2D eigenvalue weighted by Crippen LogP contribution is -2.15. The molecule has 1 aromatic carbocycles. The number of rotatable bonds is 3. The average Bonchev–Trinajstić information content (AvgIpc) is 2.16. The maximum atomic E-state index is 13.7. The minimum Gasteiger partial charge on any atom is -0.479 e. The Balaban J connectivity index is 3.37. The zero-order chi connectivity index (χ0) is 12.5. The molecule has 0 heterocycles. The third-order valence-electron chi connectivity index (χ3n) is 2.29. The Morgan fingerprint density at radius 1 is 1.31 bits per heavy atom.